The third kappa shape index (κ3) is 3.85. The predicted molar refractivity (Wildman–Crippen MR) is 92.6 cm³/mol. The molecular formula is C16H23N5OS. The summed E-state index contributed by atoms with van der Waals surface area (Å²) in [6.45, 7) is 6.07. The molecule has 0 saturated heterocycles. The molecular weight excluding hydrogens is 310 g/mol. The summed E-state index contributed by atoms with van der Waals surface area (Å²) in [7, 11) is 3.49. The maximum absolute atomic E-state index is 12.6. The van der Waals surface area contributed by atoms with Gasteiger partial charge in [-0.2, -0.15) is 0 Å². The lowest BCUT2D eigenvalue weighted by Gasteiger charge is -2.21. The molecule has 0 bridgehead atoms. The number of aromatic nitrogens is 3. The van der Waals surface area contributed by atoms with Crippen molar-refractivity contribution in [2.45, 2.75) is 36.6 Å². The Labute approximate surface area is 141 Å². The molecule has 0 saturated carbocycles. The molecule has 1 heterocycles. The average molecular weight is 333 g/mol. The molecule has 0 fully saturated rings. The zero-order valence-electron chi connectivity index (χ0n) is 14.1. The quantitative estimate of drug-likeness (QED) is 0.686. The van der Waals surface area contributed by atoms with Crippen LogP contribution in [0.15, 0.2) is 35.5 Å². The highest BCUT2D eigenvalue weighted by molar-refractivity contribution is 8.00. The van der Waals surface area contributed by atoms with Gasteiger partial charge in [-0.3, -0.25) is 4.79 Å². The van der Waals surface area contributed by atoms with Gasteiger partial charge in [0.25, 0.3) is 0 Å². The molecule has 1 aromatic carbocycles. The van der Waals surface area contributed by atoms with E-state index in [0.717, 1.165) is 5.56 Å². The molecule has 2 N–H and O–H groups in total. The fraction of sp³-hybridized carbons (Fsp3) is 0.438. The first-order chi connectivity index (χ1) is 10.7. The van der Waals surface area contributed by atoms with Gasteiger partial charge >= 0.3 is 0 Å². The van der Waals surface area contributed by atoms with Crippen LogP contribution in [0.3, 0.4) is 0 Å². The van der Waals surface area contributed by atoms with Gasteiger partial charge in [0, 0.05) is 19.5 Å². The van der Waals surface area contributed by atoms with Crippen LogP contribution in [0.2, 0.25) is 0 Å². The van der Waals surface area contributed by atoms with E-state index in [1.54, 1.807) is 19.0 Å². The number of rotatable bonds is 4. The smallest absolute Gasteiger partial charge is 0.240 e. The Morgan fingerprint density at radius 2 is 1.83 bits per heavy atom. The summed E-state index contributed by atoms with van der Waals surface area (Å²) in [5.74, 6) is 6.81. The standard InChI is InChI=1S/C16H23N5OS/c1-16(2,3)14-18-19-15(21(14)17)23-12(13(22)20(4)5)11-9-7-6-8-10-11/h6-10,12H,17H2,1-5H3. The second-order valence-corrected chi connectivity index (χ2v) is 7.64. The number of nitrogens with two attached hydrogens (primary N) is 1. The third-order valence-electron chi connectivity index (χ3n) is 3.33. The van der Waals surface area contributed by atoms with E-state index in [9.17, 15) is 4.79 Å². The number of carbonyl (C=O) groups is 1. The molecule has 124 valence electrons. The van der Waals surface area contributed by atoms with Gasteiger partial charge in [-0.05, 0) is 5.56 Å². The Morgan fingerprint density at radius 1 is 1.22 bits per heavy atom. The minimum Gasteiger partial charge on any atom is -0.348 e. The first-order valence-corrected chi connectivity index (χ1v) is 8.23. The predicted octanol–water partition coefficient (Wildman–Crippen LogP) is 2.21. The zero-order valence-corrected chi connectivity index (χ0v) is 15.0. The Morgan fingerprint density at radius 3 is 2.30 bits per heavy atom. The van der Waals surface area contributed by atoms with E-state index in [1.165, 1.54) is 16.4 Å². The van der Waals surface area contributed by atoms with Crippen molar-refractivity contribution in [1.82, 2.24) is 19.8 Å². The van der Waals surface area contributed by atoms with Crippen LogP contribution in [0.25, 0.3) is 0 Å². The number of hydrogen-bond donors (Lipinski definition) is 1. The normalized spacial score (nSPS) is 12.9. The Kier molecular flexibility index (Phi) is 4.99. The highest BCUT2D eigenvalue weighted by atomic mass is 32.2. The summed E-state index contributed by atoms with van der Waals surface area (Å²) in [4.78, 5) is 14.1. The fourth-order valence-corrected chi connectivity index (χ4v) is 3.20. The van der Waals surface area contributed by atoms with Gasteiger partial charge < -0.3 is 10.7 Å². The minimum atomic E-state index is -0.412. The minimum absolute atomic E-state index is 0.0125. The summed E-state index contributed by atoms with van der Waals surface area (Å²) in [6.07, 6.45) is 0. The lowest BCUT2D eigenvalue weighted by atomic mass is 9.96. The molecule has 1 unspecified atom stereocenters. The van der Waals surface area contributed by atoms with Gasteiger partial charge in [0.05, 0.1) is 0 Å². The maximum Gasteiger partial charge on any atom is 0.240 e. The van der Waals surface area contributed by atoms with E-state index >= 15 is 0 Å². The van der Waals surface area contributed by atoms with Crippen molar-refractivity contribution in [2.75, 3.05) is 19.9 Å². The molecule has 1 atom stereocenters. The van der Waals surface area contributed by atoms with Crippen molar-refractivity contribution >= 4 is 17.7 Å². The number of likely N-dealkylation sites (N-methyl/N-ethyl adjacent to an activating group) is 1. The van der Waals surface area contributed by atoms with Gasteiger partial charge in [-0.25, -0.2) is 4.68 Å². The summed E-state index contributed by atoms with van der Waals surface area (Å²) >= 11 is 1.31. The summed E-state index contributed by atoms with van der Waals surface area (Å²) in [5, 5.41) is 8.46. The molecule has 0 radical (unpaired) electrons. The van der Waals surface area contributed by atoms with Crippen LogP contribution in [0, 0.1) is 0 Å². The first kappa shape index (κ1) is 17.3. The summed E-state index contributed by atoms with van der Waals surface area (Å²) in [6, 6.07) is 9.62. The van der Waals surface area contributed by atoms with E-state index in [1.807, 2.05) is 51.1 Å². The van der Waals surface area contributed by atoms with Crippen molar-refractivity contribution in [3.05, 3.63) is 41.7 Å². The van der Waals surface area contributed by atoms with E-state index in [4.69, 9.17) is 5.84 Å². The zero-order chi connectivity index (χ0) is 17.2. The van der Waals surface area contributed by atoms with Crippen molar-refractivity contribution in [1.29, 1.82) is 0 Å². The number of amides is 1. The van der Waals surface area contributed by atoms with Crippen molar-refractivity contribution < 1.29 is 4.79 Å². The largest absolute Gasteiger partial charge is 0.348 e. The van der Waals surface area contributed by atoms with Crippen molar-refractivity contribution in [3.8, 4) is 0 Å². The van der Waals surface area contributed by atoms with Crippen LogP contribution < -0.4 is 5.84 Å². The van der Waals surface area contributed by atoms with Crippen LogP contribution in [-0.2, 0) is 10.2 Å². The molecule has 1 amide bonds. The molecule has 2 rings (SSSR count). The first-order valence-electron chi connectivity index (χ1n) is 7.35. The second kappa shape index (κ2) is 6.62. The SMILES string of the molecule is CN(C)C(=O)C(Sc1nnc(C(C)(C)C)n1N)c1ccccc1. The molecule has 2 aromatic rings. The van der Waals surface area contributed by atoms with Gasteiger partial charge in [0.2, 0.25) is 11.1 Å². The number of benzene rings is 1. The van der Waals surface area contributed by atoms with Crippen LogP contribution in [0.5, 0.6) is 0 Å². The Balaban J connectivity index is 2.36. The third-order valence-corrected chi connectivity index (χ3v) is 4.52. The number of carbonyl (C=O) groups excluding carboxylic acids is 1. The molecule has 0 spiro atoms. The highest BCUT2D eigenvalue weighted by Gasteiger charge is 2.28. The second-order valence-electron chi connectivity index (χ2n) is 6.57. The summed E-state index contributed by atoms with van der Waals surface area (Å²) < 4.78 is 1.48. The lowest BCUT2D eigenvalue weighted by molar-refractivity contribution is -0.128. The fourth-order valence-electron chi connectivity index (χ4n) is 2.10. The van der Waals surface area contributed by atoms with Crippen LogP contribution in [0.1, 0.15) is 37.4 Å². The highest BCUT2D eigenvalue weighted by Crippen LogP contribution is 2.36. The van der Waals surface area contributed by atoms with E-state index in [2.05, 4.69) is 10.2 Å². The number of hydrogen-bond acceptors (Lipinski definition) is 5. The van der Waals surface area contributed by atoms with Crippen LogP contribution in [-0.4, -0.2) is 39.8 Å². The van der Waals surface area contributed by atoms with Gasteiger partial charge in [-0.15, -0.1) is 10.2 Å². The lowest BCUT2D eigenvalue weighted by Crippen LogP contribution is -2.28. The van der Waals surface area contributed by atoms with E-state index in [0.29, 0.717) is 11.0 Å². The molecule has 1 aromatic heterocycles. The van der Waals surface area contributed by atoms with Crippen molar-refractivity contribution in [2.24, 2.45) is 0 Å². The molecule has 0 aliphatic heterocycles. The monoisotopic (exact) mass is 333 g/mol. The molecule has 7 heteroatoms. The number of nitrogen functional groups attached to an aromatic ring is 1. The number of nitrogens with zero attached hydrogens (tertiary/aromatic N) is 4. The molecule has 23 heavy (non-hydrogen) atoms. The average Bonchev–Trinajstić information content (AvgIpc) is 2.86. The maximum atomic E-state index is 12.6. The number of thioether (sulfide) groups is 1. The molecule has 0 aliphatic carbocycles. The Hall–Kier alpha value is -2.02. The van der Waals surface area contributed by atoms with Gasteiger partial charge in [-0.1, -0.05) is 62.9 Å². The van der Waals surface area contributed by atoms with Gasteiger partial charge in [0.1, 0.15) is 5.25 Å². The van der Waals surface area contributed by atoms with Crippen molar-refractivity contribution in [3.63, 3.8) is 0 Å². The van der Waals surface area contributed by atoms with Gasteiger partial charge in [0.15, 0.2) is 5.82 Å². The molecule has 6 nitrogen and oxygen atoms in total. The van der Waals surface area contributed by atoms with E-state index < -0.39 is 5.25 Å². The van der Waals surface area contributed by atoms with Crippen LogP contribution >= 0.6 is 11.8 Å². The topological polar surface area (TPSA) is 77.0 Å². The van der Waals surface area contributed by atoms with E-state index in [-0.39, 0.29) is 11.3 Å². The summed E-state index contributed by atoms with van der Waals surface area (Å²) in [5.41, 5.74) is 0.700. The Bertz CT molecular complexity index is 676. The van der Waals surface area contributed by atoms with Crippen LogP contribution in [0.4, 0.5) is 0 Å². The molecule has 0 aliphatic rings.